The second-order valence-electron chi connectivity index (χ2n) is 3.05. The fraction of sp³-hybridized carbons (Fsp3) is 0. The Morgan fingerprint density at radius 1 is 1.25 bits per heavy atom. The van der Waals surface area contributed by atoms with Crippen LogP contribution in [-0.2, 0) is 0 Å². The Morgan fingerprint density at radius 2 is 1.88 bits per heavy atom. The maximum absolute atomic E-state index is 10.7. The predicted octanol–water partition coefficient (Wildman–Crippen LogP) is -1.64. The number of thiophene rings is 1. The average Bonchev–Trinajstić information content (AvgIpc) is 2.62. The van der Waals surface area contributed by atoms with Crippen molar-refractivity contribution in [1.29, 1.82) is 0 Å². The summed E-state index contributed by atoms with van der Waals surface area (Å²) in [5.74, 6) is -1.22. The molecule has 0 aliphatic carbocycles. The van der Waals surface area contributed by atoms with Crippen LogP contribution in [0.2, 0.25) is 0 Å². The second kappa shape index (κ2) is 5.50. The van der Waals surface area contributed by atoms with Crippen molar-refractivity contribution in [3.05, 3.63) is 41.3 Å². The number of rotatable bonds is 2. The molecule has 0 bridgehead atoms. The van der Waals surface area contributed by atoms with E-state index in [-0.39, 0.29) is 40.1 Å². The zero-order valence-electron chi connectivity index (χ0n) is 8.77. The van der Waals surface area contributed by atoms with Gasteiger partial charge in [0, 0.05) is 4.88 Å². The first-order valence-electron chi connectivity index (χ1n) is 4.34. The minimum Gasteiger partial charge on any atom is -0.544 e. The van der Waals surface area contributed by atoms with Crippen LogP contribution in [0.15, 0.2) is 36.4 Å². The molecule has 2 N–H and O–H groups in total. The van der Waals surface area contributed by atoms with Crippen molar-refractivity contribution in [2.24, 2.45) is 0 Å². The molecule has 0 spiro atoms. The van der Waals surface area contributed by atoms with Crippen LogP contribution in [0, 0.1) is 0 Å². The van der Waals surface area contributed by atoms with E-state index in [1.165, 1.54) is 0 Å². The first-order chi connectivity index (χ1) is 7.18. The zero-order valence-corrected chi connectivity index (χ0v) is 11.6. The maximum Gasteiger partial charge on any atom is 1.00 e. The van der Waals surface area contributed by atoms with Gasteiger partial charge in [-0.2, -0.15) is 0 Å². The number of anilines is 1. The molecule has 1 aromatic carbocycles. The van der Waals surface area contributed by atoms with Gasteiger partial charge in [-0.1, -0.05) is 30.3 Å². The minimum absolute atomic E-state index is 0. The SMILES string of the molecule is Nc1cc(-c2ccccc2)sc1C(=O)[O-].[Na+]. The van der Waals surface area contributed by atoms with Crippen molar-refractivity contribution in [3.8, 4) is 10.4 Å². The van der Waals surface area contributed by atoms with E-state index in [9.17, 15) is 9.90 Å². The summed E-state index contributed by atoms with van der Waals surface area (Å²) in [5, 5.41) is 10.7. The van der Waals surface area contributed by atoms with Gasteiger partial charge in [-0.3, -0.25) is 0 Å². The Morgan fingerprint density at radius 3 is 2.38 bits per heavy atom. The van der Waals surface area contributed by atoms with Crippen LogP contribution in [0.1, 0.15) is 9.67 Å². The molecule has 0 saturated heterocycles. The number of hydrogen-bond donors (Lipinski definition) is 1. The van der Waals surface area contributed by atoms with Crippen molar-refractivity contribution < 1.29 is 39.5 Å². The van der Waals surface area contributed by atoms with Crippen LogP contribution in [0.25, 0.3) is 10.4 Å². The van der Waals surface area contributed by atoms with E-state index in [1.807, 2.05) is 30.3 Å². The van der Waals surface area contributed by atoms with Crippen LogP contribution >= 0.6 is 11.3 Å². The maximum atomic E-state index is 10.7. The van der Waals surface area contributed by atoms with E-state index in [0.29, 0.717) is 0 Å². The Labute approximate surface area is 119 Å². The monoisotopic (exact) mass is 241 g/mol. The summed E-state index contributed by atoms with van der Waals surface area (Å²) in [5.41, 5.74) is 6.79. The number of benzene rings is 1. The van der Waals surface area contributed by atoms with Crippen molar-refractivity contribution in [2.75, 3.05) is 5.73 Å². The van der Waals surface area contributed by atoms with Gasteiger partial charge in [0.25, 0.3) is 0 Å². The number of carbonyl (C=O) groups excluding carboxylic acids is 1. The normalized spacial score (nSPS) is 9.50. The molecule has 0 aliphatic rings. The molecule has 16 heavy (non-hydrogen) atoms. The number of hydrogen-bond acceptors (Lipinski definition) is 4. The largest absolute Gasteiger partial charge is 1.00 e. The predicted molar refractivity (Wildman–Crippen MR) is 58.5 cm³/mol. The van der Waals surface area contributed by atoms with E-state index in [1.54, 1.807) is 6.07 Å². The molecule has 0 aliphatic heterocycles. The molecule has 1 aromatic heterocycles. The van der Waals surface area contributed by atoms with E-state index >= 15 is 0 Å². The smallest absolute Gasteiger partial charge is 0.544 e. The Kier molecular flexibility index (Phi) is 4.56. The Hall–Kier alpha value is -0.810. The molecule has 0 unspecified atom stereocenters. The summed E-state index contributed by atoms with van der Waals surface area (Å²) in [6, 6.07) is 11.2. The molecule has 5 heteroatoms. The van der Waals surface area contributed by atoms with Crippen molar-refractivity contribution in [2.45, 2.75) is 0 Å². The third kappa shape index (κ3) is 2.65. The summed E-state index contributed by atoms with van der Waals surface area (Å²) in [6.45, 7) is 0. The number of nitrogen functional groups attached to an aromatic ring is 1. The van der Waals surface area contributed by atoms with Crippen molar-refractivity contribution in [1.82, 2.24) is 0 Å². The van der Waals surface area contributed by atoms with Gasteiger partial charge in [0.2, 0.25) is 0 Å². The van der Waals surface area contributed by atoms with Crippen LogP contribution in [0.4, 0.5) is 5.69 Å². The molecule has 2 aromatic rings. The molecule has 2 rings (SSSR count). The van der Waals surface area contributed by atoms with Gasteiger partial charge in [-0.15, -0.1) is 11.3 Å². The molecule has 1 heterocycles. The van der Waals surface area contributed by atoms with E-state index in [4.69, 9.17) is 5.73 Å². The van der Waals surface area contributed by atoms with E-state index in [2.05, 4.69) is 0 Å². The molecule has 0 saturated carbocycles. The Bertz CT molecular complexity index is 496. The molecule has 0 radical (unpaired) electrons. The van der Waals surface area contributed by atoms with Crippen LogP contribution in [-0.4, -0.2) is 5.97 Å². The van der Waals surface area contributed by atoms with Gasteiger partial charge in [0.05, 0.1) is 16.5 Å². The Balaban J connectivity index is 0.00000128. The topological polar surface area (TPSA) is 66.2 Å². The quantitative estimate of drug-likeness (QED) is 0.642. The summed E-state index contributed by atoms with van der Waals surface area (Å²) in [4.78, 5) is 11.6. The second-order valence-corrected chi connectivity index (χ2v) is 4.10. The summed E-state index contributed by atoms with van der Waals surface area (Å²) in [7, 11) is 0. The molecule has 0 atom stereocenters. The molecule has 76 valence electrons. The molecule has 3 nitrogen and oxygen atoms in total. The molecule has 0 fully saturated rings. The van der Waals surface area contributed by atoms with Crippen molar-refractivity contribution in [3.63, 3.8) is 0 Å². The van der Waals surface area contributed by atoms with Gasteiger partial charge < -0.3 is 15.6 Å². The van der Waals surface area contributed by atoms with Gasteiger partial charge in [-0.25, -0.2) is 0 Å². The average molecular weight is 241 g/mol. The molecular formula is C11H8NNaO2S. The van der Waals surface area contributed by atoms with Gasteiger partial charge in [0.15, 0.2) is 0 Å². The fourth-order valence-corrected chi connectivity index (χ4v) is 2.23. The first-order valence-corrected chi connectivity index (χ1v) is 5.16. The van der Waals surface area contributed by atoms with Crippen molar-refractivity contribution >= 4 is 23.0 Å². The number of aromatic carboxylic acids is 1. The third-order valence-corrected chi connectivity index (χ3v) is 3.18. The molecule has 0 amide bonds. The van der Waals surface area contributed by atoms with E-state index in [0.717, 1.165) is 21.8 Å². The summed E-state index contributed by atoms with van der Waals surface area (Å²) >= 11 is 1.13. The third-order valence-electron chi connectivity index (χ3n) is 2.00. The zero-order chi connectivity index (χ0) is 10.8. The van der Waals surface area contributed by atoms with E-state index < -0.39 is 5.97 Å². The summed E-state index contributed by atoms with van der Waals surface area (Å²) in [6.07, 6.45) is 0. The van der Waals surface area contributed by atoms with Gasteiger partial charge in [-0.05, 0) is 11.6 Å². The van der Waals surface area contributed by atoms with Gasteiger partial charge >= 0.3 is 29.6 Å². The fourth-order valence-electron chi connectivity index (χ4n) is 1.31. The van der Waals surface area contributed by atoms with Gasteiger partial charge in [0.1, 0.15) is 0 Å². The van der Waals surface area contributed by atoms with Crippen LogP contribution < -0.4 is 40.4 Å². The van der Waals surface area contributed by atoms with Crippen LogP contribution in [0.3, 0.4) is 0 Å². The number of carbonyl (C=O) groups is 1. The standard InChI is InChI=1S/C11H9NO2S.Na/c12-8-6-9(15-10(8)11(13)14)7-4-2-1-3-5-7;/h1-6H,12H2,(H,13,14);/q;+1/p-1. The minimum atomic E-state index is -1.22. The number of carboxylic acid groups (broad SMARTS) is 1. The summed E-state index contributed by atoms with van der Waals surface area (Å²) < 4.78 is 0. The number of nitrogens with two attached hydrogens (primary N) is 1. The van der Waals surface area contributed by atoms with Crippen LogP contribution in [0.5, 0.6) is 0 Å². The first kappa shape index (κ1) is 13.3. The molecular weight excluding hydrogens is 233 g/mol. The number of carboxylic acids is 1.